The van der Waals surface area contributed by atoms with Gasteiger partial charge >= 0.3 is 0 Å². The maximum atomic E-state index is 11.9. The molecule has 3 rings (SSSR count). The maximum absolute atomic E-state index is 11.9. The lowest BCUT2D eigenvalue weighted by atomic mass is 10.2. The molecule has 0 unspecified atom stereocenters. The molecular formula is C23H25N3O2. The molecule has 0 atom stereocenters. The Morgan fingerprint density at radius 2 is 1.89 bits per heavy atom. The Morgan fingerprint density at radius 1 is 1.11 bits per heavy atom. The normalized spacial score (nSPS) is 10.9. The van der Waals surface area contributed by atoms with Crippen LogP contribution in [0.5, 0.6) is 5.75 Å². The van der Waals surface area contributed by atoms with Crippen molar-refractivity contribution in [2.24, 2.45) is 0 Å². The SMILES string of the molecule is Cc1ccc(OCCCCNC(=O)/C=C/c2ccc(-n3ccnc3)cc2)cc1. The van der Waals surface area contributed by atoms with Gasteiger partial charge in [0.05, 0.1) is 12.9 Å². The third kappa shape index (κ3) is 6.13. The van der Waals surface area contributed by atoms with Crippen molar-refractivity contribution in [3.05, 3.63) is 84.5 Å². The lowest BCUT2D eigenvalue weighted by molar-refractivity contribution is -0.116. The van der Waals surface area contributed by atoms with Crippen LogP contribution in [-0.4, -0.2) is 28.6 Å². The molecule has 0 fully saturated rings. The molecule has 0 saturated heterocycles. The van der Waals surface area contributed by atoms with Gasteiger partial charge in [-0.05, 0) is 55.7 Å². The van der Waals surface area contributed by atoms with Gasteiger partial charge in [0.15, 0.2) is 0 Å². The summed E-state index contributed by atoms with van der Waals surface area (Å²) in [7, 11) is 0. The Bertz CT molecular complexity index is 883. The first kappa shape index (κ1) is 19.4. The standard InChI is InChI=1S/C23H25N3O2/c1-19-4-11-22(12-5-19)28-17-3-2-14-25-23(27)13-8-20-6-9-21(10-7-20)26-16-15-24-18-26/h4-13,15-16,18H,2-3,14,17H2,1H3,(H,25,27)/b13-8+. The van der Waals surface area contributed by atoms with Gasteiger partial charge in [-0.2, -0.15) is 0 Å². The topological polar surface area (TPSA) is 56.1 Å². The number of aryl methyl sites for hydroxylation is 1. The minimum absolute atomic E-state index is 0.0851. The summed E-state index contributed by atoms with van der Waals surface area (Å²) in [5.41, 5.74) is 3.23. The third-order valence-electron chi connectivity index (χ3n) is 4.28. The summed E-state index contributed by atoms with van der Waals surface area (Å²) in [6, 6.07) is 16.0. The average Bonchev–Trinajstić information content (AvgIpc) is 3.25. The van der Waals surface area contributed by atoms with E-state index in [4.69, 9.17) is 4.74 Å². The summed E-state index contributed by atoms with van der Waals surface area (Å²) >= 11 is 0. The molecule has 3 aromatic rings. The quantitative estimate of drug-likeness (QED) is 0.451. The van der Waals surface area contributed by atoms with E-state index in [2.05, 4.69) is 17.2 Å². The summed E-state index contributed by atoms with van der Waals surface area (Å²) in [6.07, 6.45) is 10.5. The number of nitrogens with one attached hydrogen (secondary N) is 1. The Morgan fingerprint density at radius 3 is 2.61 bits per heavy atom. The molecule has 0 bridgehead atoms. The first-order valence-corrected chi connectivity index (χ1v) is 9.44. The molecule has 0 aliphatic rings. The van der Waals surface area contributed by atoms with Gasteiger partial charge in [-0.1, -0.05) is 29.8 Å². The number of hydrogen-bond donors (Lipinski definition) is 1. The van der Waals surface area contributed by atoms with E-state index in [9.17, 15) is 4.79 Å². The third-order valence-corrected chi connectivity index (χ3v) is 4.28. The van der Waals surface area contributed by atoms with Gasteiger partial charge < -0.3 is 14.6 Å². The Balaban J connectivity index is 1.32. The second kappa shape index (κ2) is 10.1. The van der Waals surface area contributed by atoms with Crippen LogP contribution in [0, 0.1) is 6.92 Å². The van der Waals surface area contributed by atoms with Crippen molar-refractivity contribution in [3.8, 4) is 11.4 Å². The number of nitrogens with zero attached hydrogens (tertiary/aromatic N) is 2. The van der Waals surface area contributed by atoms with Gasteiger partial charge in [-0.3, -0.25) is 4.79 Å². The van der Waals surface area contributed by atoms with Gasteiger partial charge in [-0.25, -0.2) is 4.98 Å². The van der Waals surface area contributed by atoms with Gasteiger partial charge in [0, 0.05) is 30.7 Å². The molecule has 0 aliphatic carbocycles. The van der Waals surface area contributed by atoms with Crippen LogP contribution in [-0.2, 0) is 4.79 Å². The summed E-state index contributed by atoms with van der Waals surface area (Å²) in [4.78, 5) is 15.9. The highest BCUT2D eigenvalue weighted by Gasteiger charge is 1.98. The van der Waals surface area contributed by atoms with E-state index >= 15 is 0 Å². The van der Waals surface area contributed by atoms with Crippen molar-refractivity contribution in [2.45, 2.75) is 19.8 Å². The predicted molar refractivity (Wildman–Crippen MR) is 112 cm³/mol. The molecule has 0 aliphatic heterocycles. The second-order valence-electron chi connectivity index (χ2n) is 6.55. The molecule has 5 nitrogen and oxygen atoms in total. The van der Waals surface area contributed by atoms with E-state index in [1.165, 1.54) is 5.56 Å². The van der Waals surface area contributed by atoms with Crippen LogP contribution in [0.2, 0.25) is 0 Å². The maximum Gasteiger partial charge on any atom is 0.243 e. The van der Waals surface area contributed by atoms with Crippen LogP contribution in [0.3, 0.4) is 0 Å². The van der Waals surface area contributed by atoms with Crippen LogP contribution in [0.4, 0.5) is 0 Å². The van der Waals surface area contributed by atoms with Crippen LogP contribution in [0.15, 0.2) is 73.3 Å². The fourth-order valence-corrected chi connectivity index (χ4v) is 2.66. The molecule has 1 amide bonds. The molecular weight excluding hydrogens is 350 g/mol. The predicted octanol–water partition coefficient (Wildman–Crippen LogP) is 4.17. The number of ether oxygens (including phenoxy) is 1. The van der Waals surface area contributed by atoms with E-state index < -0.39 is 0 Å². The van der Waals surface area contributed by atoms with E-state index in [-0.39, 0.29) is 5.91 Å². The van der Waals surface area contributed by atoms with Crippen molar-refractivity contribution in [1.82, 2.24) is 14.9 Å². The Labute approximate surface area is 165 Å². The number of benzene rings is 2. The zero-order chi connectivity index (χ0) is 19.6. The number of rotatable bonds is 9. The monoisotopic (exact) mass is 375 g/mol. The zero-order valence-electron chi connectivity index (χ0n) is 16.0. The molecule has 2 aromatic carbocycles. The first-order valence-electron chi connectivity index (χ1n) is 9.44. The van der Waals surface area contributed by atoms with Gasteiger partial charge in [0.1, 0.15) is 5.75 Å². The first-order chi connectivity index (χ1) is 13.7. The number of amides is 1. The Kier molecular flexibility index (Phi) is 7.01. The summed E-state index contributed by atoms with van der Waals surface area (Å²) in [6.45, 7) is 3.34. The molecule has 1 heterocycles. The van der Waals surface area contributed by atoms with Crippen LogP contribution in [0.1, 0.15) is 24.0 Å². The average molecular weight is 375 g/mol. The number of hydrogen-bond acceptors (Lipinski definition) is 3. The minimum atomic E-state index is -0.0851. The smallest absolute Gasteiger partial charge is 0.243 e. The minimum Gasteiger partial charge on any atom is -0.494 e. The molecule has 144 valence electrons. The summed E-state index contributed by atoms with van der Waals surface area (Å²) < 4.78 is 7.61. The van der Waals surface area contributed by atoms with Crippen LogP contribution in [0.25, 0.3) is 11.8 Å². The number of imidazole rings is 1. The fourth-order valence-electron chi connectivity index (χ4n) is 2.66. The van der Waals surface area contributed by atoms with Crippen LogP contribution >= 0.6 is 0 Å². The molecule has 0 saturated carbocycles. The van der Waals surface area contributed by atoms with Crippen molar-refractivity contribution < 1.29 is 9.53 Å². The van der Waals surface area contributed by atoms with Crippen molar-refractivity contribution in [2.75, 3.05) is 13.2 Å². The molecule has 0 spiro atoms. The largest absolute Gasteiger partial charge is 0.494 e. The van der Waals surface area contributed by atoms with E-state index in [0.717, 1.165) is 29.8 Å². The summed E-state index contributed by atoms with van der Waals surface area (Å²) in [5.74, 6) is 0.801. The lowest BCUT2D eigenvalue weighted by Crippen LogP contribution is -2.22. The molecule has 28 heavy (non-hydrogen) atoms. The van der Waals surface area contributed by atoms with Crippen molar-refractivity contribution >= 4 is 12.0 Å². The van der Waals surface area contributed by atoms with Gasteiger partial charge in [-0.15, -0.1) is 0 Å². The molecule has 0 radical (unpaired) electrons. The highest BCUT2D eigenvalue weighted by molar-refractivity contribution is 5.91. The Hall–Kier alpha value is -3.34. The van der Waals surface area contributed by atoms with Gasteiger partial charge in [0.25, 0.3) is 0 Å². The van der Waals surface area contributed by atoms with Crippen molar-refractivity contribution in [3.63, 3.8) is 0 Å². The second-order valence-corrected chi connectivity index (χ2v) is 6.55. The highest BCUT2D eigenvalue weighted by Crippen LogP contribution is 2.12. The van der Waals surface area contributed by atoms with E-state index in [0.29, 0.717) is 13.2 Å². The van der Waals surface area contributed by atoms with E-state index in [1.807, 2.05) is 65.4 Å². The number of carbonyl (C=O) groups excluding carboxylic acids is 1. The molecule has 5 heteroatoms. The number of aromatic nitrogens is 2. The lowest BCUT2D eigenvalue weighted by Gasteiger charge is -2.06. The number of carbonyl (C=O) groups is 1. The molecule has 1 N–H and O–H groups in total. The molecule has 1 aromatic heterocycles. The van der Waals surface area contributed by atoms with Crippen LogP contribution < -0.4 is 10.1 Å². The van der Waals surface area contributed by atoms with Gasteiger partial charge in [0.2, 0.25) is 5.91 Å². The fraction of sp³-hybridized carbons (Fsp3) is 0.217. The zero-order valence-corrected chi connectivity index (χ0v) is 16.0. The summed E-state index contributed by atoms with van der Waals surface area (Å²) in [5, 5.41) is 2.90. The van der Waals surface area contributed by atoms with E-state index in [1.54, 1.807) is 18.6 Å². The number of unbranched alkanes of at least 4 members (excludes halogenated alkanes) is 1. The highest BCUT2D eigenvalue weighted by atomic mass is 16.5. The van der Waals surface area contributed by atoms with Crippen molar-refractivity contribution in [1.29, 1.82) is 0 Å².